The first kappa shape index (κ1) is 22.4. The number of fused-ring (bicyclic) bond motifs is 1. The number of likely N-dealkylation sites (tertiary alicyclic amines) is 1. The van der Waals surface area contributed by atoms with E-state index in [1.54, 1.807) is 6.07 Å². The van der Waals surface area contributed by atoms with Gasteiger partial charge in [0.2, 0.25) is 5.91 Å². The van der Waals surface area contributed by atoms with Crippen molar-refractivity contribution in [3.05, 3.63) is 52.0 Å². The molecule has 170 valence electrons. The fraction of sp³-hybridized carbons (Fsp3) is 0.458. The molecule has 1 saturated heterocycles. The van der Waals surface area contributed by atoms with Crippen LogP contribution in [0.25, 0.3) is 10.9 Å². The molecule has 2 aromatic heterocycles. The molecule has 2 amide bonds. The van der Waals surface area contributed by atoms with Gasteiger partial charge in [0, 0.05) is 47.0 Å². The predicted molar refractivity (Wildman–Crippen MR) is 124 cm³/mol. The maximum Gasteiger partial charge on any atom is 0.270 e. The highest BCUT2D eigenvalue weighted by atomic mass is 35.5. The Morgan fingerprint density at radius 2 is 2.03 bits per heavy atom. The van der Waals surface area contributed by atoms with Gasteiger partial charge in [0.25, 0.3) is 5.91 Å². The van der Waals surface area contributed by atoms with Gasteiger partial charge in [-0.05, 0) is 63.3 Å². The molecule has 8 heteroatoms. The van der Waals surface area contributed by atoms with Crippen molar-refractivity contribution in [3.8, 4) is 0 Å². The summed E-state index contributed by atoms with van der Waals surface area (Å²) in [7, 11) is 0. The molecule has 1 aliphatic rings. The van der Waals surface area contributed by atoms with Crippen LogP contribution in [0.4, 0.5) is 0 Å². The summed E-state index contributed by atoms with van der Waals surface area (Å²) in [5.74, 6) is 1.04. The van der Waals surface area contributed by atoms with Crippen molar-refractivity contribution in [2.45, 2.75) is 40.0 Å². The molecule has 1 fully saturated rings. The van der Waals surface area contributed by atoms with Gasteiger partial charge < -0.3 is 19.7 Å². The number of aromatic nitrogens is 2. The van der Waals surface area contributed by atoms with Crippen molar-refractivity contribution < 1.29 is 14.1 Å². The largest absolute Gasteiger partial charge is 0.361 e. The number of amides is 2. The van der Waals surface area contributed by atoms with Crippen LogP contribution in [0.3, 0.4) is 0 Å². The van der Waals surface area contributed by atoms with Crippen molar-refractivity contribution in [2.24, 2.45) is 11.8 Å². The third-order valence-corrected chi connectivity index (χ3v) is 6.85. The van der Waals surface area contributed by atoms with E-state index in [0.717, 1.165) is 40.8 Å². The molecule has 3 aromatic rings. The normalized spacial score (nSPS) is 15.8. The van der Waals surface area contributed by atoms with E-state index in [-0.39, 0.29) is 23.7 Å². The van der Waals surface area contributed by atoms with E-state index >= 15 is 0 Å². The van der Waals surface area contributed by atoms with Crippen molar-refractivity contribution >= 4 is 34.3 Å². The zero-order valence-corrected chi connectivity index (χ0v) is 19.5. The summed E-state index contributed by atoms with van der Waals surface area (Å²) in [5, 5.41) is 8.58. The van der Waals surface area contributed by atoms with E-state index in [1.165, 1.54) is 0 Å². The van der Waals surface area contributed by atoms with Crippen LogP contribution in [0.1, 0.15) is 47.3 Å². The average Bonchev–Trinajstić information content (AvgIpc) is 3.35. The van der Waals surface area contributed by atoms with Gasteiger partial charge in [-0.15, -0.1) is 0 Å². The molecule has 0 radical (unpaired) electrons. The Bertz CT molecular complexity index is 1110. The molecule has 0 spiro atoms. The summed E-state index contributed by atoms with van der Waals surface area (Å²) in [4.78, 5) is 30.7. The lowest BCUT2D eigenvalue weighted by Gasteiger charge is -2.34. The first-order valence-corrected chi connectivity index (χ1v) is 11.5. The second-order valence-corrected chi connectivity index (χ2v) is 9.11. The fourth-order valence-corrected chi connectivity index (χ4v) is 4.72. The summed E-state index contributed by atoms with van der Waals surface area (Å²) >= 11 is 6.05. The van der Waals surface area contributed by atoms with Crippen molar-refractivity contribution in [1.29, 1.82) is 0 Å². The molecule has 0 saturated carbocycles. The molecule has 1 unspecified atom stereocenters. The fourth-order valence-electron chi connectivity index (χ4n) is 4.54. The highest BCUT2D eigenvalue weighted by Crippen LogP contribution is 2.27. The molecule has 0 bridgehead atoms. The highest BCUT2D eigenvalue weighted by Gasteiger charge is 2.30. The molecule has 1 atom stereocenters. The van der Waals surface area contributed by atoms with Crippen molar-refractivity contribution in [3.63, 3.8) is 0 Å². The van der Waals surface area contributed by atoms with Gasteiger partial charge in [0.15, 0.2) is 0 Å². The van der Waals surface area contributed by atoms with Crippen LogP contribution in [-0.2, 0) is 11.2 Å². The summed E-state index contributed by atoms with van der Waals surface area (Å²) in [6.45, 7) is 7.64. The molecule has 1 aliphatic heterocycles. The number of hydrogen-bond donors (Lipinski definition) is 2. The number of hydrogen-bond acceptors (Lipinski definition) is 4. The zero-order valence-electron chi connectivity index (χ0n) is 18.7. The summed E-state index contributed by atoms with van der Waals surface area (Å²) < 4.78 is 5.18. The Morgan fingerprint density at radius 1 is 1.28 bits per heavy atom. The monoisotopic (exact) mass is 456 g/mol. The lowest BCUT2D eigenvalue weighted by molar-refractivity contribution is -0.126. The molecular formula is C24H29ClN4O3. The van der Waals surface area contributed by atoms with Gasteiger partial charge in [0.05, 0.1) is 5.69 Å². The highest BCUT2D eigenvalue weighted by molar-refractivity contribution is 6.31. The Labute approximate surface area is 192 Å². The van der Waals surface area contributed by atoms with Gasteiger partial charge >= 0.3 is 0 Å². The molecule has 32 heavy (non-hydrogen) atoms. The van der Waals surface area contributed by atoms with E-state index in [9.17, 15) is 9.59 Å². The Hall–Kier alpha value is -2.80. The minimum absolute atomic E-state index is 0.00709. The second-order valence-electron chi connectivity index (χ2n) is 8.68. The lowest BCUT2D eigenvalue weighted by atomic mass is 9.84. The molecule has 2 N–H and O–H groups in total. The summed E-state index contributed by atoms with van der Waals surface area (Å²) in [6.07, 6.45) is 2.34. The van der Waals surface area contributed by atoms with Crippen molar-refractivity contribution in [1.82, 2.24) is 20.4 Å². The first-order chi connectivity index (χ1) is 15.3. The smallest absolute Gasteiger partial charge is 0.270 e. The number of halogens is 1. The van der Waals surface area contributed by atoms with Crippen LogP contribution in [0.15, 0.2) is 28.8 Å². The number of nitrogens with zero attached hydrogens (tertiary/aromatic N) is 2. The Kier molecular flexibility index (Phi) is 6.55. The number of aromatic amines is 1. The summed E-state index contributed by atoms with van der Waals surface area (Å²) in [5.41, 5.74) is 3.41. The van der Waals surface area contributed by atoms with E-state index in [1.807, 2.05) is 43.9 Å². The van der Waals surface area contributed by atoms with Crippen LogP contribution in [0, 0.1) is 25.7 Å². The Morgan fingerprint density at radius 3 is 2.72 bits per heavy atom. The second kappa shape index (κ2) is 9.36. The number of carbonyl (C=O) groups excluding carboxylic acids is 2. The number of rotatable bonds is 6. The number of benzene rings is 1. The maximum atomic E-state index is 12.9. The molecular weight excluding hydrogens is 428 g/mol. The minimum atomic E-state index is -0.0906. The predicted octanol–water partition coefficient (Wildman–Crippen LogP) is 4.27. The number of nitrogens with one attached hydrogen (secondary N) is 2. The Balaban J connectivity index is 1.27. The zero-order chi connectivity index (χ0) is 22.8. The van der Waals surface area contributed by atoms with Gasteiger partial charge in [-0.3, -0.25) is 9.59 Å². The van der Waals surface area contributed by atoms with Crippen LogP contribution >= 0.6 is 11.6 Å². The van der Waals surface area contributed by atoms with E-state index in [4.69, 9.17) is 16.1 Å². The molecule has 7 nitrogen and oxygen atoms in total. The van der Waals surface area contributed by atoms with Gasteiger partial charge in [0.1, 0.15) is 11.5 Å². The third kappa shape index (κ3) is 4.67. The molecule has 4 rings (SSSR count). The number of aryl methyl sites for hydroxylation is 2. The van der Waals surface area contributed by atoms with E-state index < -0.39 is 0 Å². The van der Waals surface area contributed by atoms with Gasteiger partial charge in [-0.2, -0.15) is 0 Å². The van der Waals surface area contributed by atoms with Crippen LogP contribution in [0.2, 0.25) is 5.02 Å². The minimum Gasteiger partial charge on any atom is -0.361 e. The maximum absolute atomic E-state index is 12.9. The van der Waals surface area contributed by atoms with E-state index in [0.29, 0.717) is 36.8 Å². The first-order valence-electron chi connectivity index (χ1n) is 11.1. The third-order valence-electron chi connectivity index (χ3n) is 6.62. The lowest BCUT2D eigenvalue weighted by Crippen LogP contribution is -2.43. The van der Waals surface area contributed by atoms with Gasteiger partial charge in [-0.1, -0.05) is 23.7 Å². The van der Waals surface area contributed by atoms with E-state index in [2.05, 4.69) is 15.5 Å². The quantitative estimate of drug-likeness (QED) is 0.579. The SMILES string of the molecule is Cc1noc(C)c1CCNC(=O)C(C)C1CCN(C(=O)c2cc3cc(Cl)ccc3[nH]2)CC1. The van der Waals surface area contributed by atoms with Crippen LogP contribution in [-0.4, -0.2) is 46.5 Å². The number of piperidine rings is 1. The van der Waals surface area contributed by atoms with Crippen molar-refractivity contribution in [2.75, 3.05) is 19.6 Å². The summed E-state index contributed by atoms with van der Waals surface area (Å²) in [6, 6.07) is 7.39. The number of carbonyl (C=O) groups is 2. The van der Waals surface area contributed by atoms with Gasteiger partial charge in [-0.25, -0.2) is 0 Å². The van der Waals surface area contributed by atoms with Crippen LogP contribution in [0.5, 0.6) is 0 Å². The average molecular weight is 457 g/mol. The standard InChI is InChI=1S/C24H29ClN4O3/c1-14(23(30)26-9-6-20-15(2)28-32-16(20)3)17-7-10-29(11-8-17)24(31)22-13-18-12-19(25)4-5-21(18)27-22/h4-5,12-14,17,27H,6-11H2,1-3H3,(H,26,30). The molecule has 1 aromatic carbocycles. The molecule has 0 aliphatic carbocycles. The van der Waals surface area contributed by atoms with Crippen LogP contribution < -0.4 is 5.32 Å². The topological polar surface area (TPSA) is 91.2 Å². The number of H-pyrrole nitrogens is 1. The molecule has 3 heterocycles.